The van der Waals surface area contributed by atoms with E-state index in [9.17, 15) is 13.2 Å². The van der Waals surface area contributed by atoms with Gasteiger partial charge in [-0.25, -0.2) is 23.4 Å². The summed E-state index contributed by atoms with van der Waals surface area (Å²) in [6, 6.07) is 19.9. The summed E-state index contributed by atoms with van der Waals surface area (Å²) in [5, 5.41) is 4.46. The van der Waals surface area contributed by atoms with Gasteiger partial charge in [0.2, 0.25) is 0 Å². The first-order valence-electron chi connectivity index (χ1n) is 12.1. The number of carbonyl (C=O) groups excluding carboxylic acids is 1. The van der Waals surface area contributed by atoms with E-state index in [0.717, 1.165) is 0 Å². The predicted molar refractivity (Wildman–Crippen MR) is 159 cm³/mol. The van der Waals surface area contributed by atoms with Crippen molar-refractivity contribution in [3.05, 3.63) is 105 Å². The lowest BCUT2D eigenvalue weighted by atomic mass is 9.97. The fourth-order valence-electron chi connectivity index (χ4n) is 4.42. The summed E-state index contributed by atoms with van der Waals surface area (Å²) in [4.78, 5) is 26.7. The molecule has 0 aliphatic carbocycles. The topological polar surface area (TPSA) is 114 Å². The van der Waals surface area contributed by atoms with Crippen LogP contribution in [0.1, 0.15) is 27.4 Å². The van der Waals surface area contributed by atoms with E-state index in [2.05, 4.69) is 20.0 Å². The Morgan fingerprint density at radius 1 is 0.850 bits per heavy atom. The molecule has 0 fully saturated rings. The predicted octanol–water partition coefficient (Wildman–Crippen LogP) is 6.98. The highest BCUT2D eigenvalue weighted by Crippen LogP contribution is 2.35. The Labute approximate surface area is 241 Å². The molecule has 0 atom stereocenters. The van der Waals surface area contributed by atoms with Crippen molar-refractivity contribution >= 4 is 61.5 Å². The number of pyridine rings is 1. The van der Waals surface area contributed by atoms with Gasteiger partial charge in [-0.2, -0.15) is 0 Å². The van der Waals surface area contributed by atoms with Gasteiger partial charge in [-0.05, 0) is 74.9 Å². The summed E-state index contributed by atoms with van der Waals surface area (Å²) in [6.45, 7) is 5.25. The van der Waals surface area contributed by atoms with Crippen LogP contribution in [0, 0.1) is 20.8 Å². The molecule has 5 rings (SSSR count). The van der Waals surface area contributed by atoms with Crippen molar-refractivity contribution in [1.29, 1.82) is 0 Å². The summed E-state index contributed by atoms with van der Waals surface area (Å²) < 4.78 is 28.3. The Balaban J connectivity index is 1.46. The van der Waals surface area contributed by atoms with E-state index in [0.29, 0.717) is 60.5 Å². The maximum atomic E-state index is 13.6. The minimum Gasteiger partial charge on any atom is -0.322 e. The molecule has 2 N–H and O–H groups in total. The van der Waals surface area contributed by atoms with Crippen molar-refractivity contribution in [3.63, 3.8) is 0 Å². The molecule has 0 aliphatic rings. The zero-order valence-corrected chi connectivity index (χ0v) is 24.0. The maximum absolute atomic E-state index is 13.6. The molecule has 0 saturated heterocycles. The Morgan fingerprint density at radius 3 is 2.27 bits per heavy atom. The third-order valence-corrected chi connectivity index (χ3v) is 8.10. The number of aromatic nitrogens is 3. The number of carbonyl (C=O) groups is 1. The van der Waals surface area contributed by atoms with Gasteiger partial charge in [-0.1, -0.05) is 41.4 Å². The number of benzene rings is 3. The van der Waals surface area contributed by atoms with E-state index in [1.807, 2.05) is 31.2 Å². The Morgan fingerprint density at radius 2 is 1.57 bits per heavy atom. The Bertz CT molecular complexity index is 1870. The molecule has 2 aromatic heterocycles. The molecule has 0 aliphatic heterocycles. The van der Waals surface area contributed by atoms with Gasteiger partial charge in [0.1, 0.15) is 11.6 Å². The van der Waals surface area contributed by atoms with E-state index in [4.69, 9.17) is 28.2 Å². The van der Waals surface area contributed by atoms with Gasteiger partial charge in [-0.15, -0.1) is 0 Å². The average Bonchev–Trinajstić information content (AvgIpc) is 2.88. The molecule has 0 bridgehead atoms. The van der Waals surface area contributed by atoms with Crippen LogP contribution in [0.2, 0.25) is 10.0 Å². The normalized spacial score (nSPS) is 11.4. The first-order chi connectivity index (χ1) is 19.0. The number of amides is 1. The lowest BCUT2D eigenvalue weighted by Gasteiger charge is -2.16. The lowest BCUT2D eigenvalue weighted by Crippen LogP contribution is -2.16. The summed E-state index contributed by atoms with van der Waals surface area (Å²) in [5.41, 5.74) is 3.97. The van der Waals surface area contributed by atoms with Crippen LogP contribution >= 0.6 is 23.2 Å². The minimum atomic E-state index is -3.91. The van der Waals surface area contributed by atoms with Crippen LogP contribution in [0.4, 0.5) is 11.5 Å². The van der Waals surface area contributed by atoms with Crippen LogP contribution in [0.3, 0.4) is 0 Å². The van der Waals surface area contributed by atoms with Gasteiger partial charge in [0.05, 0.1) is 26.7 Å². The maximum Gasteiger partial charge on any atom is 0.263 e. The third-order valence-electron chi connectivity index (χ3n) is 6.18. The van der Waals surface area contributed by atoms with Gasteiger partial charge in [-0.3, -0.25) is 9.52 Å². The Kier molecular flexibility index (Phi) is 7.46. The fraction of sp³-hybridized carbons (Fsp3) is 0.103. The van der Waals surface area contributed by atoms with Gasteiger partial charge >= 0.3 is 0 Å². The highest BCUT2D eigenvalue weighted by Gasteiger charge is 2.21. The molecule has 0 radical (unpaired) electrons. The van der Waals surface area contributed by atoms with Crippen molar-refractivity contribution in [2.24, 2.45) is 0 Å². The van der Waals surface area contributed by atoms with E-state index in [1.54, 1.807) is 38.1 Å². The van der Waals surface area contributed by atoms with Crippen LogP contribution in [0.5, 0.6) is 0 Å². The number of halogens is 2. The second-order valence-electron chi connectivity index (χ2n) is 9.13. The van der Waals surface area contributed by atoms with Crippen LogP contribution in [-0.4, -0.2) is 29.3 Å². The number of sulfonamides is 1. The molecule has 0 spiro atoms. The quantitative estimate of drug-likeness (QED) is 0.220. The second-order valence-corrected chi connectivity index (χ2v) is 11.7. The van der Waals surface area contributed by atoms with Crippen molar-refractivity contribution in [2.75, 3.05) is 10.0 Å². The molecule has 40 heavy (non-hydrogen) atoms. The molecule has 0 unspecified atom stereocenters. The number of para-hydroxylation sites is 1. The van der Waals surface area contributed by atoms with Crippen molar-refractivity contribution in [3.8, 4) is 11.3 Å². The van der Waals surface area contributed by atoms with Crippen LogP contribution in [0.25, 0.3) is 22.2 Å². The molecule has 1 amide bonds. The monoisotopic (exact) mass is 591 g/mol. The number of nitrogens with one attached hydrogen (secondary N) is 2. The molecule has 3 aromatic carbocycles. The van der Waals surface area contributed by atoms with Crippen LogP contribution in [0.15, 0.2) is 77.7 Å². The minimum absolute atomic E-state index is 0.0182. The molecule has 5 aromatic rings. The van der Waals surface area contributed by atoms with Gasteiger partial charge in [0.25, 0.3) is 15.9 Å². The number of hydrogen-bond donors (Lipinski definition) is 2. The highest BCUT2D eigenvalue weighted by atomic mass is 35.5. The summed E-state index contributed by atoms with van der Waals surface area (Å²) >= 11 is 12.6. The number of fused-ring (bicyclic) bond motifs is 1. The summed E-state index contributed by atoms with van der Waals surface area (Å²) in [7, 11) is -3.91. The first kappa shape index (κ1) is 27.5. The molecular formula is C29H23Cl2N5O3S. The van der Waals surface area contributed by atoms with Crippen molar-refractivity contribution in [1.82, 2.24) is 15.0 Å². The number of nitrogens with zero attached hydrogens (tertiary/aromatic N) is 3. The smallest absolute Gasteiger partial charge is 0.263 e. The zero-order chi connectivity index (χ0) is 28.6. The fourth-order valence-corrected chi connectivity index (χ4v) is 5.91. The lowest BCUT2D eigenvalue weighted by molar-refractivity contribution is 0.102. The number of aryl methyl sites for hydroxylation is 2. The number of rotatable bonds is 6. The van der Waals surface area contributed by atoms with E-state index in [1.165, 1.54) is 24.3 Å². The highest BCUT2D eigenvalue weighted by molar-refractivity contribution is 7.92. The summed E-state index contributed by atoms with van der Waals surface area (Å²) in [6.07, 6.45) is 0. The van der Waals surface area contributed by atoms with E-state index >= 15 is 0 Å². The summed E-state index contributed by atoms with van der Waals surface area (Å²) in [5.74, 6) is 0.262. The van der Waals surface area contributed by atoms with Gasteiger partial charge < -0.3 is 5.32 Å². The number of anilines is 2. The molecule has 202 valence electrons. The largest absolute Gasteiger partial charge is 0.322 e. The molecule has 11 heteroatoms. The zero-order valence-electron chi connectivity index (χ0n) is 21.7. The molecular weight excluding hydrogens is 569 g/mol. The SMILES string of the molecule is Cc1cc(NS(=O)(=O)c2ccc(NC(=O)c3c(C)c(-c4ccc(Cl)cc4Cl)nc4ccccc34)cc2)nc(C)n1. The van der Waals surface area contributed by atoms with Crippen molar-refractivity contribution in [2.45, 2.75) is 25.7 Å². The number of hydrogen-bond acceptors (Lipinski definition) is 6. The second kappa shape index (κ2) is 10.8. The average molecular weight is 593 g/mol. The Hall–Kier alpha value is -4.05. The van der Waals surface area contributed by atoms with Crippen LogP contribution in [-0.2, 0) is 10.0 Å². The van der Waals surface area contributed by atoms with E-state index in [-0.39, 0.29) is 16.6 Å². The van der Waals surface area contributed by atoms with Gasteiger partial charge in [0, 0.05) is 33.4 Å². The van der Waals surface area contributed by atoms with Gasteiger partial charge in [0.15, 0.2) is 0 Å². The molecule has 2 heterocycles. The first-order valence-corrected chi connectivity index (χ1v) is 14.4. The van der Waals surface area contributed by atoms with Crippen LogP contribution < -0.4 is 10.0 Å². The molecule has 0 saturated carbocycles. The third kappa shape index (κ3) is 5.62. The van der Waals surface area contributed by atoms with Crippen molar-refractivity contribution < 1.29 is 13.2 Å². The van der Waals surface area contributed by atoms with E-state index < -0.39 is 10.0 Å². The molecule has 8 nitrogen and oxygen atoms in total. The standard InChI is InChI=1S/C29H23Cl2N5O3S/c1-16-14-26(33-18(3)32-16)36-40(38,39)21-11-9-20(10-12-21)34-29(37)27-17(2)28(22-13-8-19(30)15-24(22)31)35-25-7-5-4-6-23(25)27/h4-15H,1-3H3,(H,34,37)(H,32,33,36).